The molecule has 0 amide bonds. The number of benzene rings is 1. The van der Waals surface area contributed by atoms with Crippen molar-refractivity contribution in [3.63, 3.8) is 0 Å². The highest BCUT2D eigenvalue weighted by molar-refractivity contribution is 5.84. The largest absolute Gasteiger partial charge is 0.494 e. The number of carboxylic acids is 1. The molecule has 0 aliphatic carbocycles. The first kappa shape index (κ1) is 13.3. The first-order chi connectivity index (χ1) is 9.11. The standard InChI is InChI=1S/C14H16N2O3/c1-9(14(17)18)15-8-11-7-6-10-4-3-5-12(19-2)13(10)16-11/h3-7,9,15H,8H2,1-2H3,(H,17,18). The molecule has 0 radical (unpaired) electrons. The molecule has 1 aromatic carbocycles. The summed E-state index contributed by atoms with van der Waals surface area (Å²) >= 11 is 0. The molecule has 0 aliphatic rings. The summed E-state index contributed by atoms with van der Waals surface area (Å²) < 4.78 is 5.27. The minimum absolute atomic E-state index is 0.404. The molecular formula is C14H16N2O3. The van der Waals surface area contributed by atoms with Crippen LogP contribution in [-0.4, -0.2) is 29.2 Å². The minimum atomic E-state index is -0.877. The third-order valence-electron chi connectivity index (χ3n) is 2.92. The Hall–Kier alpha value is -2.14. The second-order valence-corrected chi connectivity index (χ2v) is 4.28. The van der Waals surface area contributed by atoms with Gasteiger partial charge in [-0.05, 0) is 19.1 Å². The monoisotopic (exact) mass is 260 g/mol. The van der Waals surface area contributed by atoms with E-state index in [0.717, 1.165) is 16.6 Å². The Balaban J connectivity index is 2.23. The number of hydrogen-bond donors (Lipinski definition) is 2. The Morgan fingerprint density at radius 1 is 1.42 bits per heavy atom. The van der Waals surface area contributed by atoms with Crippen LogP contribution in [0.5, 0.6) is 5.75 Å². The van der Waals surface area contributed by atoms with E-state index in [0.29, 0.717) is 12.3 Å². The van der Waals surface area contributed by atoms with Crippen molar-refractivity contribution in [2.45, 2.75) is 19.5 Å². The number of nitrogens with one attached hydrogen (secondary N) is 1. The van der Waals surface area contributed by atoms with Crippen LogP contribution in [0.3, 0.4) is 0 Å². The zero-order valence-corrected chi connectivity index (χ0v) is 10.9. The molecule has 100 valence electrons. The number of rotatable bonds is 5. The van der Waals surface area contributed by atoms with E-state index in [4.69, 9.17) is 9.84 Å². The van der Waals surface area contributed by atoms with Crippen LogP contribution in [0.4, 0.5) is 0 Å². The third-order valence-corrected chi connectivity index (χ3v) is 2.92. The van der Waals surface area contributed by atoms with Gasteiger partial charge < -0.3 is 9.84 Å². The number of aromatic nitrogens is 1. The molecule has 2 aromatic rings. The molecule has 0 saturated carbocycles. The average Bonchev–Trinajstić information content (AvgIpc) is 2.43. The topological polar surface area (TPSA) is 71.5 Å². The van der Waals surface area contributed by atoms with Gasteiger partial charge in [0.25, 0.3) is 0 Å². The highest BCUT2D eigenvalue weighted by Gasteiger charge is 2.10. The van der Waals surface area contributed by atoms with E-state index < -0.39 is 12.0 Å². The van der Waals surface area contributed by atoms with E-state index in [2.05, 4.69) is 10.3 Å². The number of ether oxygens (including phenoxy) is 1. The summed E-state index contributed by atoms with van der Waals surface area (Å²) in [5, 5.41) is 12.7. The van der Waals surface area contributed by atoms with E-state index in [1.807, 2.05) is 30.3 Å². The molecule has 1 unspecified atom stereocenters. The number of pyridine rings is 1. The van der Waals surface area contributed by atoms with Crippen molar-refractivity contribution in [1.29, 1.82) is 0 Å². The summed E-state index contributed by atoms with van der Waals surface area (Å²) in [6.45, 7) is 2.01. The van der Waals surface area contributed by atoms with Crippen LogP contribution in [0.15, 0.2) is 30.3 Å². The quantitative estimate of drug-likeness (QED) is 0.857. The van der Waals surface area contributed by atoms with Crippen molar-refractivity contribution >= 4 is 16.9 Å². The smallest absolute Gasteiger partial charge is 0.320 e. The van der Waals surface area contributed by atoms with E-state index >= 15 is 0 Å². The zero-order chi connectivity index (χ0) is 13.8. The SMILES string of the molecule is COc1cccc2ccc(CNC(C)C(=O)O)nc12. The van der Waals surface area contributed by atoms with Crippen molar-refractivity contribution in [2.24, 2.45) is 0 Å². The van der Waals surface area contributed by atoms with Gasteiger partial charge in [0.05, 0.1) is 12.8 Å². The molecule has 1 aromatic heterocycles. The lowest BCUT2D eigenvalue weighted by Crippen LogP contribution is -2.33. The molecule has 2 rings (SSSR count). The third kappa shape index (κ3) is 3.00. The van der Waals surface area contributed by atoms with Crippen molar-refractivity contribution in [2.75, 3.05) is 7.11 Å². The lowest BCUT2D eigenvalue weighted by molar-refractivity contribution is -0.139. The Kier molecular flexibility index (Phi) is 3.97. The second-order valence-electron chi connectivity index (χ2n) is 4.28. The molecule has 1 heterocycles. The Morgan fingerprint density at radius 2 is 2.21 bits per heavy atom. The molecule has 2 N–H and O–H groups in total. The fourth-order valence-corrected chi connectivity index (χ4v) is 1.77. The molecule has 0 aliphatic heterocycles. The van der Waals surface area contributed by atoms with Crippen molar-refractivity contribution < 1.29 is 14.6 Å². The van der Waals surface area contributed by atoms with Gasteiger partial charge in [-0.15, -0.1) is 0 Å². The number of fused-ring (bicyclic) bond motifs is 1. The van der Waals surface area contributed by atoms with Crippen LogP contribution in [0.2, 0.25) is 0 Å². The van der Waals surface area contributed by atoms with Crippen LogP contribution >= 0.6 is 0 Å². The van der Waals surface area contributed by atoms with E-state index in [1.54, 1.807) is 14.0 Å². The molecule has 5 heteroatoms. The van der Waals surface area contributed by atoms with Crippen molar-refractivity contribution in [3.05, 3.63) is 36.0 Å². The fourth-order valence-electron chi connectivity index (χ4n) is 1.77. The first-order valence-electron chi connectivity index (χ1n) is 6.00. The number of carbonyl (C=O) groups is 1. The number of hydrogen-bond acceptors (Lipinski definition) is 4. The molecular weight excluding hydrogens is 244 g/mol. The van der Waals surface area contributed by atoms with Crippen LogP contribution in [0.1, 0.15) is 12.6 Å². The van der Waals surface area contributed by atoms with Gasteiger partial charge in [-0.3, -0.25) is 10.1 Å². The van der Waals surface area contributed by atoms with Gasteiger partial charge in [0.2, 0.25) is 0 Å². The normalized spacial score (nSPS) is 12.3. The van der Waals surface area contributed by atoms with Crippen LogP contribution in [-0.2, 0) is 11.3 Å². The van der Waals surface area contributed by atoms with Gasteiger partial charge in [0.15, 0.2) is 0 Å². The maximum absolute atomic E-state index is 10.7. The minimum Gasteiger partial charge on any atom is -0.494 e. The highest BCUT2D eigenvalue weighted by atomic mass is 16.5. The Morgan fingerprint density at radius 3 is 2.89 bits per heavy atom. The number of nitrogens with zero attached hydrogens (tertiary/aromatic N) is 1. The van der Waals surface area contributed by atoms with E-state index in [-0.39, 0.29) is 0 Å². The number of carboxylic acid groups (broad SMARTS) is 1. The van der Waals surface area contributed by atoms with Crippen LogP contribution in [0.25, 0.3) is 10.9 Å². The predicted molar refractivity (Wildman–Crippen MR) is 72.2 cm³/mol. The fraction of sp³-hybridized carbons (Fsp3) is 0.286. The van der Waals surface area contributed by atoms with Gasteiger partial charge >= 0.3 is 5.97 Å². The van der Waals surface area contributed by atoms with E-state index in [1.165, 1.54) is 0 Å². The summed E-state index contributed by atoms with van der Waals surface area (Å²) in [5.41, 5.74) is 1.57. The van der Waals surface area contributed by atoms with Gasteiger partial charge in [-0.1, -0.05) is 18.2 Å². The zero-order valence-electron chi connectivity index (χ0n) is 10.9. The van der Waals surface area contributed by atoms with Gasteiger partial charge in [-0.25, -0.2) is 4.98 Å². The average molecular weight is 260 g/mol. The summed E-state index contributed by atoms with van der Waals surface area (Å²) in [5.74, 6) is -0.163. The van der Waals surface area contributed by atoms with Crippen LogP contribution in [0, 0.1) is 0 Å². The predicted octanol–water partition coefficient (Wildman–Crippen LogP) is 1.81. The van der Waals surface area contributed by atoms with Crippen molar-refractivity contribution in [1.82, 2.24) is 10.3 Å². The lowest BCUT2D eigenvalue weighted by Gasteiger charge is -2.10. The Bertz CT molecular complexity index is 598. The number of methoxy groups -OCH3 is 1. The summed E-state index contributed by atoms with van der Waals surface area (Å²) in [6, 6.07) is 8.95. The van der Waals surface area contributed by atoms with Crippen molar-refractivity contribution in [3.8, 4) is 5.75 Å². The van der Waals surface area contributed by atoms with Gasteiger partial charge in [-0.2, -0.15) is 0 Å². The van der Waals surface area contributed by atoms with Gasteiger partial charge in [0.1, 0.15) is 17.3 Å². The number of para-hydroxylation sites is 1. The maximum atomic E-state index is 10.7. The molecule has 0 fully saturated rings. The molecule has 5 nitrogen and oxygen atoms in total. The molecule has 1 atom stereocenters. The molecule has 19 heavy (non-hydrogen) atoms. The molecule has 0 saturated heterocycles. The van der Waals surface area contributed by atoms with E-state index in [9.17, 15) is 4.79 Å². The lowest BCUT2D eigenvalue weighted by atomic mass is 10.2. The van der Waals surface area contributed by atoms with Crippen LogP contribution < -0.4 is 10.1 Å². The van der Waals surface area contributed by atoms with Gasteiger partial charge in [0, 0.05) is 11.9 Å². The maximum Gasteiger partial charge on any atom is 0.320 e. The summed E-state index contributed by atoms with van der Waals surface area (Å²) in [6.07, 6.45) is 0. The molecule has 0 spiro atoms. The molecule has 0 bridgehead atoms. The first-order valence-corrected chi connectivity index (χ1v) is 6.00. The summed E-state index contributed by atoms with van der Waals surface area (Å²) in [4.78, 5) is 15.2. The highest BCUT2D eigenvalue weighted by Crippen LogP contribution is 2.23. The summed E-state index contributed by atoms with van der Waals surface area (Å²) in [7, 11) is 1.61. The second kappa shape index (κ2) is 5.67. The Labute approximate surface area is 111 Å². The number of aliphatic carboxylic acids is 1.